The standard InChI is InChI=1S/C20H29FN2O8/c21-13(18(27)23-10-4-2-1-3-9-22)11-5-7-12(8-6-11)30-20-16(26)14(24)15(25)17(31-20)19(28)29/h5-8,13-17,20,24-26H,1-4,9-10,22H2,(H,23,27)(H,28,29)/t13?,14-,15-,16-,17-,20-/m0/s1. The Morgan fingerprint density at radius 2 is 1.71 bits per heavy atom. The number of carbonyl (C=O) groups is 2. The predicted molar refractivity (Wildman–Crippen MR) is 106 cm³/mol. The Bertz CT molecular complexity index is 720. The molecule has 1 aromatic carbocycles. The van der Waals surface area contributed by atoms with Gasteiger partial charge < -0.3 is 41.0 Å². The fourth-order valence-electron chi connectivity index (χ4n) is 3.07. The number of ether oxygens (including phenoxy) is 2. The Balaban J connectivity index is 1.89. The van der Waals surface area contributed by atoms with Crippen molar-refractivity contribution in [1.29, 1.82) is 0 Å². The maximum Gasteiger partial charge on any atom is 0.335 e. The zero-order valence-corrected chi connectivity index (χ0v) is 16.9. The summed E-state index contributed by atoms with van der Waals surface area (Å²) in [5.74, 6) is -2.22. The van der Waals surface area contributed by atoms with Crippen molar-refractivity contribution in [3.05, 3.63) is 29.8 Å². The van der Waals surface area contributed by atoms with Crippen LogP contribution in [0.25, 0.3) is 0 Å². The second-order valence-corrected chi connectivity index (χ2v) is 7.28. The van der Waals surface area contributed by atoms with Gasteiger partial charge in [0.25, 0.3) is 5.91 Å². The summed E-state index contributed by atoms with van der Waals surface area (Å²) in [6.07, 6.45) is -7.11. The monoisotopic (exact) mass is 444 g/mol. The van der Waals surface area contributed by atoms with E-state index in [0.717, 1.165) is 25.7 Å². The molecule has 1 saturated heterocycles. The quantitative estimate of drug-likeness (QED) is 0.248. The molecule has 31 heavy (non-hydrogen) atoms. The lowest BCUT2D eigenvalue weighted by Crippen LogP contribution is -2.61. The average Bonchev–Trinajstić information content (AvgIpc) is 2.76. The number of rotatable bonds is 11. The Kier molecular flexibility index (Phi) is 9.59. The van der Waals surface area contributed by atoms with Gasteiger partial charge in [0.05, 0.1) is 0 Å². The second kappa shape index (κ2) is 11.9. The summed E-state index contributed by atoms with van der Waals surface area (Å²) in [4.78, 5) is 23.1. The summed E-state index contributed by atoms with van der Waals surface area (Å²) >= 11 is 0. The molecule has 0 radical (unpaired) electrons. The highest BCUT2D eigenvalue weighted by molar-refractivity contribution is 5.82. The number of amides is 1. The molecule has 1 aromatic rings. The van der Waals surface area contributed by atoms with Gasteiger partial charge in [0.1, 0.15) is 24.1 Å². The van der Waals surface area contributed by atoms with Crippen molar-refractivity contribution in [3.63, 3.8) is 0 Å². The smallest absolute Gasteiger partial charge is 0.335 e. The number of carbonyl (C=O) groups excluding carboxylic acids is 1. The highest BCUT2D eigenvalue weighted by Gasteiger charge is 2.48. The minimum Gasteiger partial charge on any atom is -0.479 e. The van der Waals surface area contributed by atoms with Gasteiger partial charge in [0.15, 0.2) is 6.10 Å². The largest absolute Gasteiger partial charge is 0.479 e. The van der Waals surface area contributed by atoms with Crippen molar-refractivity contribution < 1.29 is 43.9 Å². The SMILES string of the molecule is NCCCCCCNC(=O)C(F)c1ccc(O[C@H]2O[C@H](C(=O)O)[C@@H](O)[C@H](O)[C@@H]2O)cc1. The van der Waals surface area contributed by atoms with Crippen LogP contribution in [0.15, 0.2) is 24.3 Å². The number of unbranched alkanes of at least 4 members (excludes halogenated alkanes) is 3. The van der Waals surface area contributed by atoms with Crippen molar-refractivity contribution >= 4 is 11.9 Å². The van der Waals surface area contributed by atoms with Gasteiger partial charge in [-0.3, -0.25) is 4.79 Å². The van der Waals surface area contributed by atoms with Gasteiger partial charge >= 0.3 is 5.97 Å². The molecule has 1 amide bonds. The number of alkyl halides is 1. The third kappa shape index (κ3) is 6.84. The van der Waals surface area contributed by atoms with Crippen LogP contribution in [0.5, 0.6) is 5.75 Å². The topological polar surface area (TPSA) is 172 Å². The third-order valence-corrected chi connectivity index (χ3v) is 4.90. The van der Waals surface area contributed by atoms with E-state index >= 15 is 0 Å². The molecular formula is C20H29FN2O8. The zero-order chi connectivity index (χ0) is 23.0. The van der Waals surface area contributed by atoms with Gasteiger partial charge in [-0.05, 0) is 37.1 Å². The lowest BCUT2D eigenvalue weighted by atomic mass is 9.99. The van der Waals surface area contributed by atoms with Crippen molar-refractivity contribution in [2.75, 3.05) is 13.1 Å². The highest BCUT2D eigenvalue weighted by Crippen LogP contribution is 2.26. The molecule has 10 nitrogen and oxygen atoms in total. The number of aliphatic carboxylic acids is 1. The van der Waals surface area contributed by atoms with E-state index in [9.17, 15) is 29.3 Å². The molecule has 1 aliphatic rings. The van der Waals surface area contributed by atoms with Crippen molar-refractivity contribution in [2.24, 2.45) is 5.73 Å². The van der Waals surface area contributed by atoms with Crippen LogP contribution in [0.1, 0.15) is 37.4 Å². The molecule has 11 heteroatoms. The van der Waals surface area contributed by atoms with Crippen molar-refractivity contribution in [3.8, 4) is 5.75 Å². The Morgan fingerprint density at radius 3 is 2.32 bits per heavy atom. The number of nitrogens with one attached hydrogen (secondary N) is 1. The van der Waals surface area contributed by atoms with Crippen LogP contribution in [0.4, 0.5) is 4.39 Å². The number of carboxylic acids is 1. The van der Waals surface area contributed by atoms with E-state index in [1.54, 1.807) is 0 Å². The number of nitrogens with two attached hydrogens (primary N) is 1. The van der Waals surface area contributed by atoms with E-state index in [1.165, 1.54) is 24.3 Å². The van der Waals surface area contributed by atoms with E-state index in [0.29, 0.717) is 13.1 Å². The molecule has 2 rings (SSSR count). The fourth-order valence-corrected chi connectivity index (χ4v) is 3.07. The molecule has 0 bridgehead atoms. The average molecular weight is 444 g/mol. The van der Waals surface area contributed by atoms with E-state index in [4.69, 9.17) is 20.3 Å². The van der Waals surface area contributed by atoms with Crippen LogP contribution < -0.4 is 15.8 Å². The van der Waals surface area contributed by atoms with Gasteiger partial charge in [-0.15, -0.1) is 0 Å². The van der Waals surface area contributed by atoms with E-state index in [2.05, 4.69) is 5.32 Å². The van der Waals surface area contributed by atoms with Crippen LogP contribution in [0.3, 0.4) is 0 Å². The summed E-state index contributed by atoms with van der Waals surface area (Å²) < 4.78 is 24.7. The number of aliphatic hydroxyl groups excluding tert-OH is 3. The Morgan fingerprint density at radius 1 is 1.06 bits per heavy atom. The first-order chi connectivity index (χ1) is 14.8. The third-order valence-electron chi connectivity index (χ3n) is 4.90. The molecule has 1 heterocycles. The summed E-state index contributed by atoms with van der Waals surface area (Å²) in [5, 5.41) is 41.0. The molecule has 7 N–H and O–H groups in total. The first-order valence-corrected chi connectivity index (χ1v) is 10.1. The summed E-state index contributed by atoms with van der Waals surface area (Å²) in [6, 6.07) is 5.22. The van der Waals surface area contributed by atoms with Crippen LogP contribution in [0.2, 0.25) is 0 Å². The van der Waals surface area contributed by atoms with Gasteiger partial charge in [-0.1, -0.05) is 25.0 Å². The van der Waals surface area contributed by atoms with Gasteiger partial charge in [-0.25, -0.2) is 9.18 Å². The first-order valence-electron chi connectivity index (χ1n) is 10.1. The second-order valence-electron chi connectivity index (χ2n) is 7.28. The maximum atomic E-state index is 14.4. The highest BCUT2D eigenvalue weighted by atomic mass is 19.1. The molecule has 0 aliphatic carbocycles. The number of hydrogen-bond acceptors (Lipinski definition) is 8. The number of halogens is 1. The predicted octanol–water partition coefficient (Wildman–Crippen LogP) is -0.396. The lowest BCUT2D eigenvalue weighted by molar-refractivity contribution is -0.271. The molecule has 1 unspecified atom stereocenters. The van der Waals surface area contributed by atoms with E-state index < -0.39 is 48.8 Å². The van der Waals surface area contributed by atoms with Crippen LogP contribution in [-0.4, -0.2) is 76.1 Å². The number of hydrogen-bond donors (Lipinski definition) is 6. The molecule has 1 aliphatic heterocycles. The van der Waals surface area contributed by atoms with Crippen molar-refractivity contribution in [1.82, 2.24) is 5.32 Å². The van der Waals surface area contributed by atoms with Crippen molar-refractivity contribution in [2.45, 2.75) is 62.6 Å². The maximum absolute atomic E-state index is 14.4. The van der Waals surface area contributed by atoms with Crippen LogP contribution >= 0.6 is 0 Å². The summed E-state index contributed by atoms with van der Waals surface area (Å²) in [6.45, 7) is 0.980. The fraction of sp³-hybridized carbons (Fsp3) is 0.600. The van der Waals surface area contributed by atoms with Gasteiger partial charge in [-0.2, -0.15) is 0 Å². The van der Waals surface area contributed by atoms with Crippen LogP contribution in [0, 0.1) is 0 Å². The molecule has 0 saturated carbocycles. The minimum absolute atomic E-state index is 0.0769. The number of aliphatic hydroxyl groups is 3. The molecule has 0 spiro atoms. The molecule has 0 aromatic heterocycles. The Labute approximate surface area is 178 Å². The molecular weight excluding hydrogens is 415 g/mol. The van der Waals surface area contributed by atoms with Crippen LogP contribution in [-0.2, 0) is 14.3 Å². The molecule has 6 atom stereocenters. The van der Waals surface area contributed by atoms with E-state index in [-0.39, 0.29) is 11.3 Å². The lowest BCUT2D eigenvalue weighted by Gasteiger charge is -2.38. The van der Waals surface area contributed by atoms with Gasteiger partial charge in [0.2, 0.25) is 12.5 Å². The number of carboxylic acid groups (broad SMARTS) is 1. The zero-order valence-electron chi connectivity index (χ0n) is 16.9. The summed E-state index contributed by atoms with van der Waals surface area (Å²) in [7, 11) is 0. The molecule has 174 valence electrons. The number of benzene rings is 1. The summed E-state index contributed by atoms with van der Waals surface area (Å²) in [5.41, 5.74) is 5.48. The normalized spacial score (nSPS) is 26.8. The van der Waals surface area contributed by atoms with E-state index in [1.807, 2.05) is 0 Å². The molecule has 1 fully saturated rings. The Hall–Kier alpha value is -2.31. The first kappa shape index (κ1) is 25.0. The minimum atomic E-state index is -1.89. The van der Waals surface area contributed by atoms with Gasteiger partial charge in [0, 0.05) is 6.54 Å².